The number of carbonyl (C=O) groups is 1. The molecule has 1 aliphatic rings. The SMILES string of the molecule is COc1ncc(-c2cc(F)c3c(Nc4cc(Oc5cc(F)cc(F)c5)cc(C(=O)O)c4)c(S(=O)(=O)NCC4CC4)cnc3c2)c(OC)n1. The molecule has 0 bridgehead atoms. The molecular weight excluding hydrogens is 655 g/mol. The fraction of sp³-hybridized carbons (Fsp3) is 0.188. The van der Waals surface area contributed by atoms with E-state index in [1.807, 2.05) is 0 Å². The van der Waals surface area contributed by atoms with Crippen LogP contribution < -0.4 is 24.2 Å². The van der Waals surface area contributed by atoms with E-state index in [1.165, 1.54) is 32.5 Å². The van der Waals surface area contributed by atoms with Gasteiger partial charge >= 0.3 is 12.0 Å². The van der Waals surface area contributed by atoms with Crippen molar-refractivity contribution in [2.75, 3.05) is 26.1 Å². The number of aromatic carboxylic acids is 1. The second kappa shape index (κ2) is 13.0. The minimum absolute atomic E-state index is 0.0180. The molecule has 0 amide bonds. The van der Waals surface area contributed by atoms with E-state index < -0.39 is 38.3 Å². The summed E-state index contributed by atoms with van der Waals surface area (Å²) in [6.45, 7) is 0.162. The van der Waals surface area contributed by atoms with E-state index in [9.17, 15) is 27.1 Å². The molecule has 0 saturated heterocycles. The number of anilines is 2. The molecule has 2 aromatic heterocycles. The van der Waals surface area contributed by atoms with Gasteiger partial charge in [0.15, 0.2) is 0 Å². The van der Waals surface area contributed by atoms with Gasteiger partial charge in [-0.25, -0.2) is 36.1 Å². The first kappa shape index (κ1) is 32.5. The molecule has 1 fully saturated rings. The number of ether oxygens (including phenoxy) is 3. The van der Waals surface area contributed by atoms with Gasteiger partial charge in [0.25, 0.3) is 0 Å². The molecule has 0 unspecified atom stereocenters. The van der Waals surface area contributed by atoms with Gasteiger partial charge < -0.3 is 24.6 Å². The van der Waals surface area contributed by atoms with Crippen LogP contribution in [0.1, 0.15) is 23.2 Å². The van der Waals surface area contributed by atoms with Gasteiger partial charge in [0, 0.05) is 48.9 Å². The number of carboxylic acid groups (broad SMARTS) is 1. The highest BCUT2D eigenvalue weighted by Crippen LogP contribution is 2.39. The second-order valence-electron chi connectivity index (χ2n) is 10.8. The summed E-state index contributed by atoms with van der Waals surface area (Å²) in [6.07, 6.45) is 4.15. The average molecular weight is 682 g/mol. The number of hydrogen-bond donors (Lipinski definition) is 3. The molecule has 3 aromatic carbocycles. The van der Waals surface area contributed by atoms with Crippen LogP contribution in [0.3, 0.4) is 0 Å². The first-order valence-electron chi connectivity index (χ1n) is 14.3. The van der Waals surface area contributed by atoms with Crippen molar-refractivity contribution in [1.82, 2.24) is 19.7 Å². The lowest BCUT2D eigenvalue weighted by atomic mass is 10.0. The van der Waals surface area contributed by atoms with Crippen molar-refractivity contribution in [3.63, 3.8) is 0 Å². The van der Waals surface area contributed by atoms with Crippen LogP contribution in [0.25, 0.3) is 22.0 Å². The monoisotopic (exact) mass is 681 g/mol. The molecular formula is C32H26F3N5O7S. The van der Waals surface area contributed by atoms with Crippen LogP contribution in [-0.2, 0) is 10.0 Å². The van der Waals surface area contributed by atoms with Gasteiger partial charge in [-0.15, -0.1) is 0 Å². The Hall–Kier alpha value is -5.48. The summed E-state index contributed by atoms with van der Waals surface area (Å²) in [5.74, 6) is -4.31. The van der Waals surface area contributed by atoms with Crippen LogP contribution in [0.4, 0.5) is 24.5 Å². The maximum atomic E-state index is 16.2. The fourth-order valence-corrected chi connectivity index (χ4v) is 6.12. The molecule has 3 N–H and O–H groups in total. The maximum absolute atomic E-state index is 16.2. The summed E-state index contributed by atoms with van der Waals surface area (Å²) in [5.41, 5.74) is -0.0464. The van der Waals surface area contributed by atoms with Crippen LogP contribution in [0.5, 0.6) is 23.4 Å². The van der Waals surface area contributed by atoms with Crippen LogP contribution in [0.15, 0.2) is 65.8 Å². The first-order chi connectivity index (χ1) is 22.9. The van der Waals surface area contributed by atoms with Crippen molar-refractivity contribution < 1.29 is 45.7 Å². The molecule has 0 atom stereocenters. The zero-order valence-electron chi connectivity index (χ0n) is 25.3. The number of methoxy groups -OCH3 is 2. The van der Waals surface area contributed by atoms with Crippen LogP contribution in [0.2, 0.25) is 0 Å². The fourth-order valence-electron chi connectivity index (χ4n) is 4.89. The Labute approximate surface area is 271 Å². The van der Waals surface area contributed by atoms with E-state index in [4.69, 9.17) is 14.2 Å². The summed E-state index contributed by atoms with van der Waals surface area (Å²) < 4.78 is 89.5. The summed E-state index contributed by atoms with van der Waals surface area (Å²) in [5, 5.41) is 12.4. The lowest BCUT2D eigenvalue weighted by molar-refractivity contribution is 0.0696. The molecule has 12 nitrogen and oxygen atoms in total. The van der Waals surface area contributed by atoms with E-state index in [0.29, 0.717) is 11.6 Å². The zero-order chi connectivity index (χ0) is 34.2. The standard InChI is InChI=1S/C32H26F3N5O7S/c1-45-30-24(14-37-32(40-30)46-2)17-7-25(35)28-26(8-17)36-15-27(48(43,44)38-13-16-3-4-16)29(28)39-21-5-18(31(41)42)6-22(12-21)47-23-10-19(33)9-20(34)11-23/h5-12,14-16,38H,3-4,13H2,1-2H3,(H,36,39)(H,41,42). The van der Waals surface area contributed by atoms with Crippen molar-refractivity contribution in [2.45, 2.75) is 17.7 Å². The number of hydrogen-bond acceptors (Lipinski definition) is 10. The summed E-state index contributed by atoms with van der Waals surface area (Å²) in [7, 11) is -1.54. The van der Waals surface area contributed by atoms with E-state index in [-0.39, 0.29) is 69.3 Å². The third-order valence-electron chi connectivity index (χ3n) is 7.35. The lowest BCUT2D eigenvalue weighted by Crippen LogP contribution is -2.26. The van der Waals surface area contributed by atoms with E-state index >= 15 is 4.39 Å². The number of pyridine rings is 1. The maximum Gasteiger partial charge on any atom is 0.335 e. The third kappa shape index (κ3) is 6.94. The molecule has 2 heterocycles. The number of carboxylic acids is 1. The Balaban J connectivity index is 1.50. The highest BCUT2D eigenvalue weighted by molar-refractivity contribution is 7.89. The Bertz CT molecular complexity index is 2160. The van der Waals surface area contributed by atoms with E-state index in [1.54, 1.807) is 0 Å². The van der Waals surface area contributed by atoms with Gasteiger partial charge in [0.2, 0.25) is 15.9 Å². The second-order valence-corrected chi connectivity index (χ2v) is 12.5. The average Bonchev–Trinajstić information content (AvgIpc) is 3.87. The molecule has 1 aliphatic carbocycles. The molecule has 0 radical (unpaired) electrons. The predicted molar refractivity (Wildman–Crippen MR) is 167 cm³/mol. The normalized spacial score (nSPS) is 12.9. The molecule has 6 rings (SSSR count). The number of aromatic nitrogens is 3. The largest absolute Gasteiger partial charge is 0.480 e. The van der Waals surface area contributed by atoms with Crippen molar-refractivity contribution in [2.24, 2.45) is 5.92 Å². The Kier molecular flexibility index (Phi) is 8.77. The summed E-state index contributed by atoms with van der Waals surface area (Å²) >= 11 is 0. The number of nitrogens with one attached hydrogen (secondary N) is 2. The van der Waals surface area contributed by atoms with Crippen LogP contribution in [0, 0.1) is 23.4 Å². The van der Waals surface area contributed by atoms with Crippen LogP contribution >= 0.6 is 0 Å². The molecule has 16 heteroatoms. The highest BCUT2D eigenvalue weighted by atomic mass is 32.2. The number of rotatable bonds is 12. The molecule has 5 aromatic rings. The number of nitrogens with zero attached hydrogens (tertiary/aromatic N) is 3. The van der Waals surface area contributed by atoms with Gasteiger partial charge in [-0.3, -0.25) is 4.98 Å². The van der Waals surface area contributed by atoms with Crippen molar-refractivity contribution in [1.29, 1.82) is 0 Å². The van der Waals surface area contributed by atoms with Gasteiger partial charge in [0.05, 0.1) is 41.9 Å². The molecule has 0 aliphatic heterocycles. The minimum atomic E-state index is -4.28. The smallest absolute Gasteiger partial charge is 0.335 e. The van der Waals surface area contributed by atoms with E-state index in [2.05, 4.69) is 25.0 Å². The number of halogens is 3. The van der Waals surface area contributed by atoms with E-state index in [0.717, 1.165) is 49.4 Å². The minimum Gasteiger partial charge on any atom is -0.480 e. The molecule has 0 spiro atoms. The quantitative estimate of drug-likeness (QED) is 0.141. The number of fused-ring (bicyclic) bond motifs is 1. The zero-order valence-corrected chi connectivity index (χ0v) is 26.1. The molecule has 248 valence electrons. The van der Waals surface area contributed by atoms with Gasteiger partial charge in [0.1, 0.15) is 33.8 Å². The Morgan fingerprint density at radius 1 is 0.938 bits per heavy atom. The van der Waals surface area contributed by atoms with Gasteiger partial charge in [-0.2, -0.15) is 4.98 Å². The first-order valence-corrected chi connectivity index (χ1v) is 15.8. The Morgan fingerprint density at radius 2 is 1.67 bits per heavy atom. The molecule has 48 heavy (non-hydrogen) atoms. The summed E-state index contributed by atoms with van der Waals surface area (Å²) in [6, 6.07) is 8.58. The number of benzene rings is 3. The summed E-state index contributed by atoms with van der Waals surface area (Å²) in [4.78, 5) is 24.1. The Morgan fingerprint density at radius 3 is 2.33 bits per heavy atom. The lowest BCUT2D eigenvalue weighted by Gasteiger charge is -2.18. The van der Waals surface area contributed by atoms with Crippen molar-refractivity contribution >= 4 is 38.3 Å². The van der Waals surface area contributed by atoms with Crippen LogP contribution in [-0.4, -0.2) is 55.2 Å². The molecule has 1 saturated carbocycles. The van der Waals surface area contributed by atoms with Gasteiger partial charge in [-0.05, 0) is 48.6 Å². The highest BCUT2D eigenvalue weighted by Gasteiger charge is 2.28. The topological polar surface area (TPSA) is 162 Å². The predicted octanol–water partition coefficient (Wildman–Crippen LogP) is 6.05. The third-order valence-corrected chi connectivity index (χ3v) is 8.78. The van der Waals surface area contributed by atoms with Gasteiger partial charge in [-0.1, -0.05) is 0 Å². The van der Waals surface area contributed by atoms with Crippen molar-refractivity contribution in [3.8, 4) is 34.5 Å². The van der Waals surface area contributed by atoms with Crippen molar-refractivity contribution in [3.05, 3.63) is 83.9 Å². The number of sulfonamides is 1.